The van der Waals surface area contributed by atoms with Gasteiger partial charge in [-0.3, -0.25) is 4.98 Å². The molecule has 0 aliphatic carbocycles. The quantitative estimate of drug-likeness (QED) is 0.918. The SMILES string of the molecule is CNC(c1ccc(C)cc1F)c1ncccc1OC. The molecule has 3 nitrogen and oxygen atoms in total. The van der Waals surface area contributed by atoms with E-state index in [1.807, 2.05) is 19.1 Å². The summed E-state index contributed by atoms with van der Waals surface area (Å²) in [6.07, 6.45) is 1.67. The summed E-state index contributed by atoms with van der Waals surface area (Å²) in [5.74, 6) is 0.397. The van der Waals surface area contributed by atoms with Crippen molar-refractivity contribution in [2.45, 2.75) is 13.0 Å². The third kappa shape index (κ3) is 2.74. The largest absolute Gasteiger partial charge is 0.495 e. The smallest absolute Gasteiger partial charge is 0.142 e. The molecule has 4 heteroatoms. The molecule has 0 radical (unpaired) electrons. The highest BCUT2D eigenvalue weighted by atomic mass is 19.1. The fourth-order valence-corrected chi connectivity index (χ4v) is 2.10. The molecule has 0 amide bonds. The Balaban J connectivity index is 2.50. The van der Waals surface area contributed by atoms with Gasteiger partial charge in [0.1, 0.15) is 17.3 Å². The van der Waals surface area contributed by atoms with E-state index in [2.05, 4.69) is 10.3 Å². The van der Waals surface area contributed by atoms with Crippen molar-refractivity contribution in [1.82, 2.24) is 10.3 Å². The topological polar surface area (TPSA) is 34.2 Å². The highest BCUT2D eigenvalue weighted by molar-refractivity contribution is 5.38. The molecule has 0 aliphatic rings. The molecule has 0 spiro atoms. The van der Waals surface area contributed by atoms with Crippen LogP contribution in [0.25, 0.3) is 0 Å². The molecule has 0 saturated heterocycles. The second-order valence-electron chi connectivity index (χ2n) is 4.34. The first kappa shape index (κ1) is 13.5. The number of hydrogen-bond acceptors (Lipinski definition) is 3. The van der Waals surface area contributed by atoms with Gasteiger partial charge in [-0.15, -0.1) is 0 Å². The molecule has 1 heterocycles. The van der Waals surface area contributed by atoms with E-state index in [9.17, 15) is 4.39 Å². The molecule has 0 bridgehead atoms. The van der Waals surface area contributed by atoms with Crippen LogP contribution in [0.15, 0.2) is 36.5 Å². The van der Waals surface area contributed by atoms with Crippen molar-refractivity contribution in [2.24, 2.45) is 0 Å². The maximum atomic E-state index is 14.1. The third-order valence-electron chi connectivity index (χ3n) is 3.05. The van der Waals surface area contributed by atoms with E-state index in [0.29, 0.717) is 17.0 Å². The molecular weight excluding hydrogens is 243 g/mol. The van der Waals surface area contributed by atoms with E-state index in [0.717, 1.165) is 5.56 Å². The Kier molecular flexibility index (Phi) is 4.12. The number of methoxy groups -OCH3 is 1. The van der Waals surface area contributed by atoms with Crippen LogP contribution in [0.3, 0.4) is 0 Å². The van der Waals surface area contributed by atoms with Gasteiger partial charge in [0, 0.05) is 11.8 Å². The second-order valence-corrected chi connectivity index (χ2v) is 4.34. The minimum atomic E-state index is -0.336. The Morgan fingerprint density at radius 1 is 1.32 bits per heavy atom. The average Bonchev–Trinajstić information content (AvgIpc) is 2.42. The van der Waals surface area contributed by atoms with Gasteiger partial charge in [0.25, 0.3) is 0 Å². The molecule has 2 rings (SSSR count). The molecule has 19 heavy (non-hydrogen) atoms. The zero-order chi connectivity index (χ0) is 13.8. The Morgan fingerprint density at radius 3 is 2.74 bits per heavy atom. The first-order valence-electron chi connectivity index (χ1n) is 6.09. The number of hydrogen-bond donors (Lipinski definition) is 1. The molecule has 0 saturated carbocycles. The van der Waals surface area contributed by atoms with E-state index in [-0.39, 0.29) is 11.9 Å². The predicted molar refractivity (Wildman–Crippen MR) is 72.8 cm³/mol. The van der Waals surface area contributed by atoms with Gasteiger partial charge in [-0.05, 0) is 37.7 Å². The Morgan fingerprint density at radius 2 is 2.11 bits per heavy atom. The van der Waals surface area contributed by atoms with Crippen molar-refractivity contribution in [1.29, 1.82) is 0 Å². The number of pyridine rings is 1. The predicted octanol–water partition coefficient (Wildman–Crippen LogP) is 2.85. The number of ether oxygens (including phenoxy) is 1. The van der Waals surface area contributed by atoms with Crippen LogP contribution in [-0.4, -0.2) is 19.1 Å². The summed E-state index contributed by atoms with van der Waals surface area (Å²) in [6, 6.07) is 8.46. The average molecular weight is 260 g/mol. The molecule has 2 aromatic rings. The normalized spacial score (nSPS) is 12.2. The maximum Gasteiger partial charge on any atom is 0.142 e. The van der Waals surface area contributed by atoms with E-state index in [1.54, 1.807) is 32.5 Å². The van der Waals surface area contributed by atoms with Crippen molar-refractivity contribution < 1.29 is 9.13 Å². The van der Waals surface area contributed by atoms with E-state index in [1.165, 1.54) is 6.07 Å². The van der Waals surface area contributed by atoms with Gasteiger partial charge in [-0.2, -0.15) is 0 Å². The Labute approximate surface area is 112 Å². The number of nitrogens with one attached hydrogen (secondary N) is 1. The first-order chi connectivity index (χ1) is 9.17. The van der Waals surface area contributed by atoms with Gasteiger partial charge in [-0.25, -0.2) is 4.39 Å². The number of aromatic nitrogens is 1. The molecule has 1 N–H and O–H groups in total. The van der Waals surface area contributed by atoms with E-state index >= 15 is 0 Å². The van der Waals surface area contributed by atoms with Gasteiger partial charge < -0.3 is 10.1 Å². The molecule has 0 aliphatic heterocycles. The van der Waals surface area contributed by atoms with E-state index in [4.69, 9.17) is 4.74 Å². The highest BCUT2D eigenvalue weighted by Crippen LogP contribution is 2.29. The van der Waals surface area contributed by atoms with Gasteiger partial charge in [-0.1, -0.05) is 12.1 Å². The second kappa shape index (κ2) is 5.80. The molecule has 1 aromatic carbocycles. The van der Waals surface area contributed by atoms with Crippen LogP contribution in [0.2, 0.25) is 0 Å². The molecule has 1 aromatic heterocycles. The number of halogens is 1. The zero-order valence-corrected chi connectivity index (χ0v) is 11.3. The minimum Gasteiger partial charge on any atom is -0.495 e. The lowest BCUT2D eigenvalue weighted by Gasteiger charge is -2.19. The standard InChI is InChI=1S/C15H17FN2O/c1-10-6-7-11(12(16)9-10)14(17-2)15-13(19-3)5-4-8-18-15/h4-9,14,17H,1-3H3. The highest BCUT2D eigenvalue weighted by Gasteiger charge is 2.20. The van der Waals surface area contributed by atoms with E-state index < -0.39 is 0 Å². The Bertz CT molecular complexity index is 572. The number of rotatable bonds is 4. The van der Waals surface area contributed by atoms with Crippen LogP contribution < -0.4 is 10.1 Å². The first-order valence-corrected chi connectivity index (χ1v) is 6.09. The Hall–Kier alpha value is -1.94. The van der Waals surface area contributed by atoms with Crippen molar-refractivity contribution in [2.75, 3.05) is 14.2 Å². The number of benzene rings is 1. The molecule has 1 atom stereocenters. The van der Waals surface area contributed by atoms with Crippen LogP contribution in [-0.2, 0) is 0 Å². The summed E-state index contributed by atoms with van der Waals surface area (Å²) in [5, 5.41) is 3.09. The monoisotopic (exact) mass is 260 g/mol. The summed E-state index contributed by atoms with van der Waals surface area (Å²) >= 11 is 0. The van der Waals surface area contributed by atoms with Crippen LogP contribution >= 0.6 is 0 Å². The maximum absolute atomic E-state index is 14.1. The van der Waals surface area contributed by atoms with Gasteiger partial charge in [0.05, 0.1) is 13.2 Å². The lowest BCUT2D eigenvalue weighted by molar-refractivity contribution is 0.400. The van der Waals surface area contributed by atoms with Crippen molar-refractivity contribution in [3.8, 4) is 5.75 Å². The summed E-state index contributed by atoms with van der Waals surface area (Å²) in [5.41, 5.74) is 2.13. The minimum absolute atomic E-state index is 0.243. The van der Waals surface area contributed by atoms with Crippen molar-refractivity contribution in [3.05, 3.63) is 59.2 Å². The van der Waals surface area contributed by atoms with Gasteiger partial charge in [0.2, 0.25) is 0 Å². The number of nitrogens with zero attached hydrogens (tertiary/aromatic N) is 1. The fourth-order valence-electron chi connectivity index (χ4n) is 2.10. The zero-order valence-electron chi connectivity index (χ0n) is 11.3. The summed E-state index contributed by atoms with van der Waals surface area (Å²) in [6.45, 7) is 1.86. The van der Waals surface area contributed by atoms with Crippen LogP contribution in [0.1, 0.15) is 22.9 Å². The summed E-state index contributed by atoms with van der Waals surface area (Å²) in [4.78, 5) is 4.31. The number of aryl methyl sites for hydroxylation is 1. The van der Waals surface area contributed by atoms with Gasteiger partial charge in [0.15, 0.2) is 0 Å². The van der Waals surface area contributed by atoms with Crippen molar-refractivity contribution in [3.63, 3.8) is 0 Å². The van der Waals surface area contributed by atoms with Crippen LogP contribution in [0.4, 0.5) is 4.39 Å². The lowest BCUT2D eigenvalue weighted by atomic mass is 10.0. The van der Waals surface area contributed by atoms with Crippen LogP contribution in [0, 0.1) is 12.7 Å². The molecule has 100 valence electrons. The molecular formula is C15H17FN2O. The molecule has 1 unspecified atom stereocenters. The fraction of sp³-hybridized carbons (Fsp3) is 0.267. The van der Waals surface area contributed by atoms with Gasteiger partial charge >= 0.3 is 0 Å². The lowest BCUT2D eigenvalue weighted by Crippen LogP contribution is -2.21. The summed E-state index contributed by atoms with van der Waals surface area (Å²) in [7, 11) is 3.36. The van der Waals surface area contributed by atoms with Crippen molar-refractivity contribution >= 4 is 0 Å². The van der Waals surface area contributed by atoms with Crippen LogP contribution in [0.5, 0.6) is 5.75 Å². The third-order valence-corrected chi connectivity index (χ3v) is 3.05. The summed E-state index contributed by atoms with van der Waals surface area (Å²) < 4.78 is 19.4. The molecule has 0 fully saturated rings.